The van der Waals surface area contributed by atoms with Crippen LogP contribution in [0.1, 0.15) is 5.56 Å². The molecule has 4 nitrogen and oxygen atoms in total. The zero-order chi connectivity index (χ0) is 19.3. The fourth-order valence-corrected chi connectivity index (χ4v) is 4.62. The fraction of sp³-hybridized carbons (Fsp3) is 0.273. The van der Waals surface area contributed by atoms with Gasteiger partial charge in [0.2, 0.25) is 0 Å². The molecule has 28 heavy (non-hydrogen) atoms. The predicted octanol–water partition coefficient (Wildman–Crippen LogP) is 3.89. The maximum absolute atomic E-state index is 12.8. The number of morpholine rings is 1. The van der Waals surface area contributed by atoms with Gasteiger partial charge >= 0.3 is 0 Å². The Balaban J connectivity index is 1.42. The number of rotatable bonds is 5. The summed E-state index contributed by atoms with van der Waals surface area (Å²) >= 11 is 6.84. The third-order valence-electron chi connectivity index (χ3n) is 4.93. The van der Waals surface area contributed by atoms with Crippen molar-refractivity contribution in [1.29, 1.82) is 0 Å². The largest absolute Gasteiger partial charge is 0.379 e. The van der Waals surface area contributed by atoms with Gasteiger partial charge in [-0.05, 0) is 22.8 Å². The van der Waals surface area contributed by atoms with Crippen LogP contribution in [-0.2, 0) is 9.53 Å². The molecule has 0 unspecified atom stereocenters. The van der Waals surface area contributed by atoms with Crippen LogP contribution < -0.4 is 0 Å². The van der Waals surface area contributed by atoms with E-state index in [1.807, 2.05) is 36.4 Å². The summed E-state index contributed by atoms with van der Waals surface area (Å²) in [5.74, 6) is 0.00963. The van der Waals surface area contributed by atoms with Crippen molar-refractivity contribution in [2.75, 3.05) is 39.4 Å². The van der Waals surface area contributed by atoms with Crippen molar-refractivity contribution in [1.82, 2.24) is 9.80 Å². The molecule has 0 aromatic heterocycles. The molecule has 1 amide bonds. The first-order valence-corrected chi connectivity index (χ1v) is 10.6. The Morgan fingerprint density at radius 3 is 2.36 bits per heavy atom. The number of carbonyl (C=O) groups is 1. The molecule has 2 aliphatic heterocycles. The zero-order valence-corrected chi connectivity index (χ0v) is 17.2. The lowest BCUT2D eigenvalue weighted by molar-refractivity contribution is -0.122. The lowest BCUT2D eigenvalue weighted by atomic mass is 10.0. The van der Waals surface area contributed by atoms with Crippen LogP contribution in [-0.4, -0.2) is 59.4 Å². The second-order valence-corrected chi connectivity index (χ2v) is 8.45. The highest BCUT2D eigenvalue weighted by molar-refractivity contribution is 8.26. The molecule has 0 aliphatic carbocycles. The summed E-state index contributed by atoms with van der Waals surface area (Å²) in [5.41, 5.74) is 3.35. The number of hydrogen-bond acceptors (Lipinski definition) is 5. The van der Waals surface area contributed by atoms with E-state index in [4.69, 9.17) is 17.0 Å². The Morgan fingerprint density at radius 2 is 1.64 bits per heavy atom. The van der Waals surface area contributed by atoms with Crippen molar-refractivity contribution >= 4 is 40.3 Å². The SMILES string of the molecule is O=C1/C(=C\c2ccc(-c3ccccc3)cc2)SC(=S)N1CCN1CCOCC1. The average molecular weight is 411 g/mol. The molecule has 6 heteroatoms. The first kappa shape index (κ1) is 19.3. The number of nitrogens with zero attached hydrogens (tertiary/aromatic N) is 2. The maximum atomic E-state index is 12.8. The van der Waals surface area contributed by atoms with Crippen molar-refractivity contribution in [2.24, 2.45) is 0 Å². The van der Waals surface area contributed by atoms with Crippen molar-refractivity contribution in [3.63, 3.8) is 0 Å². The van der Waals surface area contributed by atoms with Crippen LogP contribution in [0.25, 0.3) is 17.2 Å². The Labute approximate surface area is 175 Å². The topological polar surface area (TPSA) is 32.8 Å². The number of thioether (sulfide) groups is 1. The molecule has 0 spiro atoms. The molecule has 2 heterocycles. The molecule has 0 atom stereocenters. The molecule has 0 saturated carbocycles. The molecule has 2 aromatic carbocycles. The van der Waals surface area contributed by atoms with Crippen LogP contribution in [0, 0.1) is 0 Å². The monoisotopic (exact) mass is 410 g/mol. The number of carbonyl (C=O) groups excluding carboxylic acids is 1. The second kappa shape index (κ2) is 9.01. The van der Waals surface area contributed by atoms with Gasteiger partial charge in [-0.1, -0.05) is 78.6 Å². The molecular weight excluding hydrogens is 388 g/mol. The molecular formula is C22H22N2O2S2. The van der Waals surface area contributed by atoms with E-state index in [0.717, 1.165) is 44.0 Å². The van der Waals surface area contributed by atoms with E-state index in [9.17, 15) is 4.79 Å². The van der Waals surface area contributed by atoms with Crippen LogP contribution in [0.15, 0.2) is 59.5 Å². The summed E-state index contributed by atoms with van der Waals surface area (Å²) in [6, 6.07) is 18.5. The highest BCUT2D eigenvalue weighted by atomic mass is 32.2. The van der Waals surface area contributed by atoms with E-state index >= 15 is 0 Å². The van der Waals surface area contributed by atoms with E-state index in [1.165, 1.54) is 17.3 Å². The van der Waals surface area contributed by atoms with Gasteiger partial charge in [-0.2, -0.15) is 0 Å². The van der Waals surface area contributed by atoms with E-state index in [2.05, 4.69) is 29.2 Å². The summed E-state index contributed by atoms with van der Waals surface area (Å²) in [5, 5.41) is 0. The molecule has 0 N–H and O–H groups in total. The maximum Gasteiger partial charge on any atom is 0.266 e. The Bertz CT molecular complexity index is 875. The van der Waals surface area contributed by atoms with Crippen LogP contribution in [0.4, 0.5) is 0 Å². The average Bonchev–Trinajstić information content (AvgIpc) is 3.01. The molecule has 2 aromatic rings. The number of thiocarbonyl (C=S) groups is 1. The number of benzene rings is 2. The van der Waals surface area contributed by atoms with Gasteiger partial charge in [0.1, 0.15) is 4.32 Å². The zero-order valence-electron chi connectivity index (χ0n) is 15.5. The smallest absolute Gasteiger partial charge is 0.266 e. The molecule has 0 bridgehead atoms. The Morgan fingerprint density at radius 1 is 0.964 bits per heavy atom. The summed E-state index contributed by atoms with van der Waals surface area (Å²) in [6.07, 6.45) is 1.93. The highest BCUT2D eigenvalue weighted by Crippen LogP contribution is 2.32. The van der Waals surface area contributed by atoms with Crippen molar-refractivity contribution in [2.45, 2.75) is 0 Å². The first-order chi connectivity index (χ1) is 13.7. The van der Waals surface area contributed by atoms with Crippen LogP contribution in [0.2, 0.25) is 0 Å². The molecule has 144 valence electrons. The van der Waals surface area contributed by atoms with Gasteiger partial charge in [0.15, 0.2) is 0 Å². The van der Waals surface area contributed by atoms with Crippen LogP contribution >= 0.6 is 24.0 Å². The third-order valence-corrected chi connectivity index (χ3v) is 6.31. The van der Waals surface area contributed by atoms with Crippen molar-refractivity contribution in [3.05, 3.63) is 65.1 Å². The normalized spacial score (nSPS) is 19.6. The lowest BCUT2D eigenvalue weighted by Gasteiger charge is -2.28. The van der Waals surface area contributed by atoms with Gasteiger partial charge in [0.05, 0.1) is 18.1 Å². The number of hydrogen-bond donors (Lipinski definition) is 0. The van der Waals surface area contributed by atoms with Crippen molar-refractivity contribution < 1.29 is 9.53 Å². The van der Waals surface area contributed by atoms with Crippen LogP contribution in [0.5, 0.6) is 0 Å². The minimum absolute atomic E-state index is 0.00963. The van der Waals surface area contributed by atoms with Gasteiger partial charge in [0.25, 0.3) is 5.91 Å². The number of amides is 1. The third kappa shape index (κ3) is 4.52. The first-order valence-electron chi connectivity index (χ1n) is 9.42. The molecule has 0 radical (unpaired) electrons. The Kier molecular flexibility index (Phi) is 6.22. The molecule has 2 fully saturated rings. The summed E-state index contributed by atoms with van der Waals surface area (Å²) in [4.78, 5) is 17.5. The van der Waals surface area contributed by atoms with E-state index in [0.29, 0.717) is 15.8 Å². The van der Waals surface area contributed by atoms with Crippen LogP contribution in [0.3, 0.4) is 0 Å². The standard InChI is InChI=1S/C22H22N2O2S2/c25-21-20(28-22(27)24(21)11-10-23-12-14-26-15-13-23)16-17-6-8-19(9-7-17)18-4-2-1-3-5-18/h1-9,16H,10-15H2/b20-16+. The summed E-state index contributed by atoms with van der Waals surface area (Å²) in [6.45, 7) is 4.81. The van der Waals surface area contributed by atoms with Gasteiger partial charge in [-0.3, -0.25) is 14.6 Å². The highest BCUT2D eigenvalue weighted by Gasteiger charge is 2.32. The Hall–Kier alpha value is -1.99. The van der Waals surface area contributed by atoms with Gasteiger partial charge < -0.3 is 4.74 Å². The fourth-order valence-electron chi connectivity index (χ4n) is 3.31. The predicted molar refractivity (Wildman–Crippen MR) is 119 cm³/mol. The second-order valence-electron chi connectivity index (χ2n) is 6.78. The number of ether oxygens (including phenoxy) is 1. The van der Waals surface area contributed by atoms with E-state index in [1.54, 1.807) is 4.90 Å². The van der Waals surface area contributed by atoms with Gasteiger partial charge in [0, 0.05) is 26.2 Å². The quantitative estimate of drug-likeness (QED) is 0.552. The minimum atomic E-state index is 0.00963. The van der Waals surface area contributed by atoms with Crippen molar-refractivity contribution in [3.8, 4) is 11.1 Å². The minimum Gasteiger partial charge on any atom is -0.379 e. The van der Waals surface area contributed by atoms with Gasteiger partial charge in [-0.25, -0.2) is 0 Å². The summed E-state index contributed by atoms with van der Waals surface area (Å²) in [7, 11) is 0. The molecule has 2 aliphatic rings. The van der Waals surface area contributed by atoms with E-state index < -0.39 is 0 Å². The summed E-state index contributed by atoms with van der Waals surface area (Å²) < 4.78 is 6.02. The molecule has 2 saturated heterocycles. The van der Waals surface area contributed by atoms with Gasteiger partial charge in [-0.15, -0.1) is 0 Å². The lowest BCUT2D eigenvalue weighted by Crippen LogP contribution is -2.42. The molecule has 4 rings (SSSR count). The van der Waals surface area contributed by atoms with E-state index in [-0.39, 0.29) is 5.91 Å².